The Balaban J connectivity index is 1.38. The number of furan rings is 1. The van der Waals surface area contributed by atoms with Crippen LogP contribution >= 0.6 is 0 Å². The molecule has 3 amide bonds. The van der Waals surface area contributed by atoms with Crippen LogP contribution in [-0.4, -0.2) is 24.8 Å². The van der Waals surface area contributed by atoms with Crippen molar-refractivity contribution in [2.75, 3.05) is 11.9 Å². The quantitative estimate of drug-likeness (QED) is 0.405. The van der Waals surface area contributed by atoms with Crippen LogP contribution in [0, 0.1) is 0 Å². The Bertz CT molecular complexity index is 939. The molecule has 3 N–H and O–H groups in total. The molecule has 3 aromatic rings. The van der Waals surface area contributed by atoms with Crippen molar-refractivity contribution in [3.05, 3.63) is 84.3 Å². The zero-order valence-corrected chi connectivity index (χ0v) is 15.5. The fourth-order valence-electron chi connectivity index (χ4n) is 2.29. The first kappa shape index (κ1) is 19.7. The number of amides is 3. The SMILES string of the molecule is O=C(COc1ccc(/C=N/NC(=O)Nc2ccccc2)cc1)NCc1ccco1. The summed E-state index contributed by atoms with van der Waals surface area (Å²) in [5.74, 6) is 0.971. The molecule has 0 spiro atoms. The van der Waals surface area contributed by atoms with Gasteiger partial charge in [0.25, 0.3) is 5.91 Å². The highest BCUT2D eigenvalue weighted by Gasteiger charge is 2.04. The number of ether oxygens (including phenoxy) is 1. The monoisotopic (exact) mass is 392 g/mol. The number of nitrogens with one attached hydrogen (secondary N) is 3. The molecule has 0 unspecified atom stereocenters. The molecular weight excluding hydrogens is 372 g/mol. The summed E-state index contributed by atoms with van der Waals surface area (Å²) in [6, 6.07) is 19.1. The molecule has 0 aliphatic heterocycles. The van der Waals surface area contributed by atoms with Crippen LogP contribution in [0.4, 0.5) is 10.5 Å². The molecule has 1 heterocycles. The van der Waals surface area contributed by atoms with Crippen molar-refractivity contribution >= 4 is 23.8 Å². The second kappa shape index (κ2) is 10.3. The number of hydrogen-bond acceptors (Lipinski definition) is 5. The number of carbonyl (C=O) groups excluding carboxylic acids is 2. The van der Waals surface area contributed by atoms with Crippen molar-refractivity contribution in [2.45, 2.75) is 6.54 Å². The van der Waals surface area contributed by atoms with E-state index in [1.807, 2.05) is 18.2 Å². The van der Waals surface area contributed by atoms with Crippen molar-refractivity contribution < 1.29 is 18.7 Å². The average Bonchev–Trinajstić information content (AvgIpc) is 3.26. The number of rotatable bonds is 8. The van der Waals surface area contributed by atoms with E-state index in [9.17, 15) is 9.59 Å². The molecule has 148 valence electrons. The molecule has 2 aromatic carbocycles. The molecule has 3 rings (SSSR count). The van der Waals surface area contributed by atoms with Gasteiger partial charge in [0.1, 0.15) is 11.5 Å². The number of nitrogens with zero attached hydrogens (tertiary/aromatic N) is 1. The highest BCUT2D eigenvalue weighted by atomic mass is 16.5. The van der Waals surface area contributed by atoms with E-state index in [1.165, 1.54) is 6.21 Å². The van der Waals surface area contributed by atoms with Gasteiger partial charge in [-0.15, -0.1) is 0 Å². The summed E-state index contributed by atoms with van der Waals surface area (Å²) >= 11 is 0. The van der Waals surface area contributed by atoms with Gasteiger partial charge in [-0.3, -0.25) is 4.79 Å². The predicted molar refractivity (Wildman–Crippen MR) is 109 cm³/mol. The number of para-hydroxylation sites is 1. The van der Waals surface area contributed by atoms with Gasteiger partial charge in [-0.25, -0.2) is 10.2 Å². The molecule has 0 bridgehead atoms. The summed E-state index contributed by atoms with van der Waals surface area (Å²) in [5.41, 5.74) is 3.83. The van der Waals surface area contributed by atoms with E-state index in [0.717, 1.165) is 5.56 Å². The summed E-state index contributed by atoms with van der Waals surface area (Å²) in [6.45, 7) is 0.213. The first-order valence-electron chi connectivity index (χ1n) is 8.86. The van der Waals surface area contributed by atoms with Crippen molar-refractivity contribution in [1.29, 1.82) is 0 Å². The summed E-state index contributed by atoms with van der Waals surface area (Å²) < 4.78 is 10.6. The van der Waals surface area contributed by atoms with Crippen LogP contribution in [0.3, 0.4) is 0 Å². The van der Waals surface area contributed by atoms with Gasteiger partial charge in [0.05, 0.1) is 19.0 Å². The number of benzene rings is 2. The summed E-state index contributed by atoms with van der Waals surface area (Å²) in [6.07, 6.45) is 3.05. The maximum Gasteiger partial charge on any atom is 0.339 e. The number of hydrogen-bond donors (Lipinski definition) is 3. The Morgan fingerprint density at radius 1 is 1.00 bits per heavy atom. The van der Waals surface area contributed by atoms with E-state index in [-0.39, 0.29) is 12.5 Å². The summed E-state index contributed by atoms with van der Waals surface area (Å²) in [4.78, 5) is 23.5. The van der Waals surface area contributed by atoms with Gasteiger partial charge in [-0.05, 0) is 54.1 Å². The van der Waals surface area contributed by atoms with Gasteiger partial charge in [0.15, 0.2) is 6.61 Å². The topological polar surface area (TPSA) is 105 Å². The Kier molecular flexibility index (Phi) is 7.00. The fraction of sp³-hybridized carbons (Fsp3) is 0.0952. The van der Waals surface area contributed by atoms with Gasteiger partial charge in [-0.1, -0.05) is 18.2 Å². The molecule has 0 saturated carbocycles. The molecule has 1 aromatic heterocycles. The molecule has 0 aliphatic rings. The highest BCUT2D eigenvalue weighted by molar-refractivity contribution is 5.90. The Labute approximate surface area is 167 Å². The number of urea groups is 1. The second-order valence-electron chi connectivity index (χ2n) is 5.90. The molecule has 0 saturated heterocycles. The molecular formula is C21H20N4O4. The average molecular weight is 392 g/mol. The van der Waals surface area contributed by atoms with Gasteiger partial charge in [-0.2, -0.15) is 5.10 Å². The van der Waals surface area contributed by atoms with Crippen LogP contribution in [0.25, 0.3) is 0 Å². The van der Waals surface area contributed by atoms with Crippen LogP contribution in [-0.2, 0) is 11.3 Å². The lowest BCUT2D eigenvalue weighted by molar-refractivity contribution is -0.123. The zero-order chi connectivity index (χ0) is 20.3. The third kappa shape index (κ3) is 6.87. The smallest absolute Gasteiger partial charge is 0.339 e. The minimum atomic E-state index is -0.437. The van der Waals surface area contributed by atoms with Crippen molar-refractivity contribution in [2.24, 2.45) is 5.10 Å². The third-order valence-electron chi connectivity index (χ3n) is 3.70. The Morgan fingerprint density at radius 2 is 1.79 bits per heavy atom. The van der Waals surface area contributed by atoms with Crippen LogP contribution in [0.1, 0.15) is 11.3 Å². The normalized spacial score (nSPS) is 10.5. The van der Waals surface area contributed by atoms with E-state index in [2.05, 4.69) is 21.2 Å². The van der Waals surface area contributed by atoms with Crippen LogP contribution in [0.2, 0.25) is 0 Å². The van der Waals surface area contributed by atoms with Crippen molar-refractivity contribution in [1.82, 2.24) is 10.7 Å². The molecule has 0 radical (unpaired) electrons. The first-order valence-corrected chi connectivity index (χ1v) is 8.86. The molecule has 0 aliphatic carbocycles. The maximum absolute atomic E-state index is 11.8. The third-order valence-corrected chi connectivity index (χ3v) is 3.70. The number of anilines is 1. The lowest BCUT2D eigenvalue weighted by Crippen LogP contribution is -2.28. The van der Waals surface area contributed by atoms with E-state index in [1.54, 1.807) is 54.8 Å². The van der Waals surface area contributed by atoms with Crippen molar-refractivity contribution in [3.8, 4) is 5.75 Å². The molecule has 8 nitrogen and oxygen atoms in total. The highest BCUT2D eigenvalue weighted by Crippen LogP contribution is 2.11. The van der Waals surface area contributed by atoms with Gasteiger partial charge in [0.2, 0.25) is 0 Å². The maximum atomic E-state index is 11.8. The zero-order valence-electron chi connectivity index (χ0n) is 15.5. The van der Waals surface area contributed by atoms with E-state index in [4.69, 9.17) is 9.15 Å². The largest absolute Gasteiger partial charge is 0.484 e. The Hall–Kier alpha value is -4.07. The van der Waals surface area contributed by atoms with Crippen LogP contribution < -0.4 is 20.8 Å². The van der Waals surface area contributed by atoms with Gasteiger partial charge < -0.3 is 19.8 Å². The predicted octanol–water partition coefficient (Wildman–Crippen LogP) is 3.13. The summed E-state index contributed by atoms with van der Waals surface area (Å²) in [5, 5.41) is 9.24. The minimum Gasteiger partial charge on any atom is -0.484 e. The molecule has 8 heteroatoms. The number of carbonyl (C=O) groups is 2. The van der Waals surface area contributed by atoms with Gasteiger partial charge in [0, 0.05) is 5.69 Å². The lowest BCUT2D eigenvalue weighted by atomic mass is 10.2. The summed E-state index contributed by atoms with van der Waals surface area (Å²) in [7, 11) is 0. The van der Waals surface area contributed by atoms with Crippen LogP contribution in [0.5, 0.6) is 5.75 Å². The second-order valence-corrected chi connectivity index (χ2v) is 5.90. The minimum absolute atomic E-state index is 0.102. The first-order chi connectivity index (χ1) is 14.2. The fourth-order valence-corrected chi connectivity index (χ4v) is 2.29. The van der Waals surface area contributed by atoms with Crippen molar-refractivity contribution in [3.63, 3.8) is 0 Å². The molecule has 0 fully saturated rings. The van der Waals surface area contributed by atoms with E-state index < -0.39 is 6.03 Å². The standard InChI is InChI=1S/C21H20N4O4/c26-20(22-14-19-7-4-12-28-19)15-29-18-10-8-16(9-11-18)13-23-25-21(27)24-17-5-2-1-3-6-17/h1-13H,14-15H2,(H,22,26)(H2,24,25,27)/b23-13+. The molecule has 29 heavy (non-hydrogen) atoms. The molecule has 0 atom stereocenters. The van der Waals surface area contributed by atoms with Gasteiger partial charge >= 0.3 is 6.03 Å². The van der Waals surface area contributed by atoms with Crippen LogP contribution in [0.15, 0.2) is 82.5 Å². The number of hydrazone groups is 1. The van der Waals surface area contributed by atoms with E-state index >= 15 is 0 Å². The van der Waals surface area contributed by atoms with E-state index in [0.29, 0.717) is 23.7 Å². The lowest BCUT2D eigenvalue weighted by Gasteiger charge is -2.07. The Morgan fingerprint density at radius 3 is 2.52 bits per heavy atom.